The molecule has 0 amide bonds. The summed E-state index contributed by atoms with van der Waals surface area (Å²) in [5, 5.41) is 20.6. The van der Waals surface area contributed by atoms with Gasteiger partial charge in [-0.3, -0.25) is 0 Å². The summed E-state index contributed by atoms with van der Waals surface area (Å²) in [5.41, 5.74) is 4.04. The number of rotatable bonds is 7. The summed E-state index contributed by atoms with van der Waals surface area (Å²) in [6, 6.07) is 54.8. The second-order valence-electron chi connectivity index (χ2n) is 15.7. The summed E-state index contributed by atoms with van der Waals surface area (Å²) < 4.78 is 88.5. The van der Waals surface area contributed by atoms with Crippen LogP contribution in [0.2, 0.25) is 0 Å². The Bertz CT molecular complexity index is 3430. The summed E-state index contributed by atoms with van der Waals surface area (Å²) in [6.07, 6.45) is -10.2. The maximum atomic E-state index is 14.9. The van der Waals surface area contributed by atoms with Gasteiger partial charge >= 0.3 is 12.4 Å². The lowest BCUT2D eigenvalue weighted by Crippen LogP contribution is -2.12. The zero-order valence-corrected chi connectivity index (χ0v) is 34.8. The van der Waals surface area contributed by atoms with Gasteiger partial charge in [-0.1, -0.05) is 121 Å². The normalized spacial score (nSPS) is 11.7. The van der Waals surface area contributed by atoms with Crippen molar-refractivity contribution in [3.8, 4) is 85.4 Å². The van der Waals surface area contributed by atoms with E-state index in [1.165, 1.54) is 12.1 Å². The highest BCUT2D eigenvalue weighted by atomic mass is 19.4. The van der Waals surface area contributed by atoms with Gasteiger partial charge in [0.1, 0.15) is 0 Å². The van der Waals surface area contributed by atoms with Gasteiger partial charge in [0.15, 0.2) is 17.5 Å². The van der Waals surface area contributed by atoms with E-state index < -0.39 is 29.0 Å². The van der Waals surface area contributed by atoms with E-state index >= 15 is 0 Å². The third-order valence-corrected chi connectivity index (χ3v) is 11.6. The van der Waals surface area contributed by atoms with E-state index in [2.05, 4.69) is 12.1 Å². The molecule has 0 bridgehead atoms. The Hall–Kier alpha value is -8.87. The zero-order chi connectivity index (χ0) is 46.5. The monoisotopic (exact) mass is 888 g/mol. The van der Waals surface area contributed by atoms with Crippen LogP contribution < -0.4 is 0 Å². The number of alkyl halides is 6. The maximum Gasteiger partial charge on any atom is 0.417 e. The third kappa shape index (κ3) is 8.02. The summed E-state index contributed by atoms with van der Waals surface area (Å²) >= 11 is 0. The molecule has 0 fully saturated rings. The average molecular weight is 889 g/mol. The van der Waals surface area contributed by atoms with E-state index in [0.29, 0.717) is 62.3 Å². The molecule has 8 aromatic carbocycles. The maximum absolute atomic E-state index is 14.9. The summed E-state index contributed by atoms with van der Waals surface area (Å²) in [6.45, 7) is 0. The highest BCUT2D eigenvalue weighted by Gasteiger charge is 2.38. The van der Waals surface area contributed by atoms with Gasteiger partial charge in [-0.2, -0.15) is 36.9 Å². The van der Waals surface area contributed by atoms with E-state index in [4.69, 9.17) is 15.0 Å². The molecule has 0 saturated heterocycles. The van der Waals surface area contributed by atoms with Gasteiger partial charge in [-0.25, -0.2) is 15.0 Å². The number of nitriles is 2. The van der Waals surface area contributed by atoms with Gasteiger partial charge in [-0.15, -0.1) is 0 Å². The van der Waals surface area contributed by atoms with Crippen molar-refractivity contribution in [1.82, 2.24) is 19.5 Å². The first-order valence-electron chi connectivity index (χ1n) is 20.8. The van der Waals surface area contributed by atoms with Crippen LogP contribution in [0.15, 0.2) is 182 Å². The van der Waals surface area contributed by atoms with Gasteiger partial charge in [0.2, 0.25) is 0 Å². The lowest BCUT2D eigenvalue weighted by Gasteiger charge is -2.19. The van der Waals surface area contributed by atoms with E-state index in [1.807, 2.05) is 126 Å². The number of hydrogen-bond donors (Lipinski definition) is 0. The second-order valence-corrected chi connectivity index (χ2v) is 15.7. The van der Waals surface area contributed by atoms with E-state index in [1.54, 1.807) is 30.3 Å². The van der Waals surface area contributed by atoms with Crippen LogP contribution in [0, 0.1) is 22.7 Å². The topological polar surface area (TPSA) is 91.2 Å². The molecule has 0 aliphatic heterocycles. The first-order chi connectivity index (χ1) is 32.4. The van der Waals surface area contributed by atoms with Crippen LogP contribution in [0.5, 0.6) is 0 Å². The zero-order valence-electron chi connectivity index (χ0n) is 34.8. The Morgan fingerprint density at radius 1 is 0.388 bits per heavy atom. The van der Waals surface area contributed by atoms with Crippen LogP contribution in [-0.2, 0) is 12.4 Å². The van der Waals surface area contributed by atoms with Crippen molar-refractivity contribution >= 4 is 21.8 Å². The first kappa shape index (κ1) is 42.1. The Labute approximate surface area is 379 Å². The Balaban J connectivity index is 1.32. The van der Waals surface area contributed by atoms with E-state index in [-0.39, 0.29) is 17.5 Å². The van der Waals surface area contributed by atoms with Crippen molar-refractivity contribution in [2.24, 2.45) is 0 Å². The van der Waals surface area contributed by atoms with Crippen molar-refractivity contribution in [3.05, 3.63) is 204 Å². The molecule has 322 valence electrons. The molecule has 0 aliphatic rings. The molecule has 0 atom stereocenters. The van der Waals surface area contributed by atoms with E-state index in [0.717, 1.165) is 39.1 Å². The molecule has 0 N–H and O–H groups in total. The molecular weight excluding hydrogens is 859 g/mol. The first-order valence-corrected chi connectivity index (χ1v) is 20.8. The average Bonchev–Trinajstić information content (AvgIpc) is 3.68. The molecule has 0 unspecified atom stereocenters. The van der Waals surface area contributed by atoms with Crippen LogP contribution in [0.3, 0.4) is 0 Å². The molecule has 0 radical (unpaired) electrons. The number of halogens is 6. The van der Waals surface area contributed by atoms with Crippen LogP contribution in [0.1, 0.15) is 22.3 Å². The predicted molar refractivity (Wildman–Crippen MR) is 246 cm³/mol. The summed E-state index contributed by atoms with van der Waals surface area (Å²) in [7, 11) is 0. The van der Waals surface area contributed by atoms with Crippen molar-refractivity contribution in [1.29, 1.82) is 10.5 Å². The lowest BCUT2D eigenvalue weighted by atomic mass is 9.95. The Morgan fingerprint density at radius 3 is 1.30 bits per heavy atom. The molecule has 0 spiro atoms. The fourth-order valence-electron chi connectivity index (χ4n) is 8.32. The minimum Gasteiger partial charge on any atom is -0.308 e. The number of aromatic nitrogens is 4. The lowest BCUT2D eigenvalue weighted by molar-refractivity contribution is -0.142. The van der Waals surface area contributed by atoms with Gasteiger partial charge in [-0.05, 0) is 94.0 Å². The fraction of sp³-hybridized carbons (Fsp3) is 0.0364. The minimum atomic E-state index is -5.16. The molecule has 0 aliphatic carbocycles. The van der Waals surface area contributed by atoms with Gasteiger partial charge in [0.25, 0.3) is 0 Å². The molecule has 2 heterocycles. The summed E-state index contributed by atoms with van der Waals surface area (Å²) in [4.78, 5) is 14.8. The molecule has 12 heteroatoms. The summed E-state index contributed by atoms with van der Waals surface area (Å²) in [5.74, 6) is 0.837. The van der Waals surface area contributed by atoms with Crippen molar-refractivity contribution in [2.45, 2.75) is 12.4 Å². The number of nitrogens with zero attached hydrogens (tertiary/aromatic N) is 6. The highest BCUT2D eigenvalue weighted by molar-refractivity contribution is 6.11. The van der Waals surface area contributed by atoms with Gasteiger partial charge in [0, 0.05) is 27.5 Å². The van der Waals surface area contributed by atoms with E-state index in [9.17, 15) is 36.9 Å². The number of fused-ring (bicyclic) bond motifs is 3. The SMILES string of the molecule is N#Cc1ccc(-c2ccc3c4ccc(-c5ccc(C#N)cc5)cc4n(-c4cc(-c5ccc(C(F)(F)F)cc5C(F)(F)F)ccc4-c4nc(-c5ccccc5)nc(-c5ccccc5)n4)c3c2)cc1. The largest absolute Gasteiger partial charge is 0.417 e. The highest BCUT2D eigenvalue weighted by Crippen LogP contribution is 2.45. The molecule has 0 saturated carbocycles. The predicted octanol–water partition coefficient (Wildman–Crippen LogP) is 14.8. The van der Waals surface area contributed by atoms with Gasteiger partial charge in [0.05, 0.1) is 51.1 Å². The van der Waals surface area contributed by atoms with Crippen molar-refractivity contribution in [3.63, 3.8) is 0 Å². The van der Waals surface area contributed by atoms with Crippen LogP contribution in [0.4, 0.5) is 26.3 Å². The quantitative estimate of drug-likeness (QED) is 0.149. The molecule has 6 nitrogen and oxygen atoms in total. The van der Waals surface area contributed by atoms with Crippen LogP contribution in [-0.4, -0.2) is 19.5 Å². The fourth-order valence-corrected chi connectivity index (χ4v) is 8.32. The minimum absolute atomic E-state index is 0.0121. The smallest absolute Gasteiger partial charge is 0.308 e. The molecular formula is C55H30F6N6. The van der Waals surface area contributed by atoms with Crippen molar-refractivity contribution in [2.75, 3.05) is 0 Å². The molecule has 10 aromatic rings. The molecule has 67 heavy (non-hydrogen) atoms. The van der Waals surface area contributed by atoms with Crippen LogP contribution >= 0.6 is 0 Å². The Morgan fingerprint density at radius 2 is 0.836 bits per heavy atom. The molecule has 2 aromatic heterocycles. The third-order valence-electron chi connectivity index (χ3n) is 11.6. The number of benzene rings is 8. The van der Waals surface area contributed by atoms with Crippen molar-refractivity contribution < 1.29 is 26.3 Å². The number of hydrogen-bond acceptors (Lipinski definition) is 5. The Kier molecular flexibility index (Phi) is 10.4. The standard InChI is InChI=1S/C55H30F6N6/c56-54(57,58)42-22-26-43(47(30-42)55(59,60)61)41-21-25-46(53-65-51(37-7-3-1-4-8-37)64-52(66-53)38-9-5-2-6-10-38)50(29-41)67-48-27-39(35-15-11-33(31-62)12-16-35)19-23-44(48)45-24-20-40(28-49(45)67)36-17-13-34(32-63)14-18-36/h1-30H. The molecule has 10 rings (SSSR count). The second kappa shape index (κ2) is 16.6. The van der Waals surface area contributed by atoms with Gasteiger partial charge < -0.3 is 4.57 Å². The van der Waals surface area contributed by atoms with Crippen LogP contribution in [0.25, 0.3) is 95.0 Å².